The van der Waals surface area contributed by atoms with Crippen LogP contribution in [0.2, 0.25) is 0 Å². The van der Waals surface area contributed by atoms with Crippen LogP contribution in [0.1, 0.15) is 5.56 Å². The van der Waals surface area contributed by atoms with E-state index < -0.39 is 24.8 Å². The van der Waals surface area contributed by atoms with Crippen LogP contribution in [-0.4, -0.2) is 24.5 Å². The topological polar surface area (TPSA) is 58.9 Å². The van der Waals surface area contributed by atoms with Gasteiger partial charge >= 0.3 is 13.5 Å². The van der Waals surface area contributed by atoms with E-state index in [1.54, 1.807) is 0 Å². The molecule has 16 heavy (non-hydrogen) atoms. The number of hydrogen-bond acceptors (Lipinski definition) is 4. The lowest BCUT2D eigenvalue weighted by molar-refractivity contribution is -0.138. The zero-order chi connectivity index (χ0) is 12.3. The van der Waals surface area contributed by atoms with Gasteiger partial charge in [0.15, 0.2) is 0 Å². The Kier molecular flexibility index (Phi) is 3.66. The fourth-order valence-corrected chi connectivity index (χ4v) is 1.10. The fourth-order valence-electron chi connectivity index (χ4n) is 1.10. The van der Waals surface area contributed by atoms with Crippen molar-refractivity contribution in [3.63, 3.8) is 0 Å². The lowest BCUT2D eigenvalue weighted by atomic mass is 10.1. The third-order valence-corrected chi connectivity index (χ3v) is 1.72. The zero-order valence-electron chi connectivity index (χ0n) is 8.15. The van der Waals surface area contributed by atoms with Crippen LogP contribution in [0.3, 0.4) is 0 Å². The molecule has 0 bridgehead atoms. The van der Waals surface area contributed by atoms with Gasteiger partial charge < -0.3 is 19.4 Å². The number of ether oxygens (including phenoxy) is 1. The van der Waals surface area contributed by atoms with Crippen LogP contribution in [0.15, 0.2) is 18.2 Å². The van der Waals surface area contributed by atoms with E-state index in [4.69, 9.17) is 10.0 Å². The molecule has 2 N–H and O–H groups in total. The van der Waals surface area contributed by atoms with Crippen LogP contribution >= 0.6 is 0 Å². The van der Waals surface area contributed by atoms with Gasteiger partial charge in [-0.15, -0.1) is 0 Å². The smallest absolute Gasteiger partial charge is 0.512 e. The maximum absolute atomic E-state index is 12.4. The highest BCUT2D eigenvalue weighted by atomic mass is 19.4. The molecule has 0 radical (unpaired) electrons. The van der Waals surface area contributed by atoms with Gasteiger partial charge in [0.05, 0.1) is 12.7 Å². The van der Waals surface area contributed by atoms with Crippen molar-refractivity contribution in [2.45, 2.75) is 6.18 Å². The molecule has 1 rings (SSSR count). The SMILES string of the molecule is COc1cc(OB(O)O)ccc1C(F)(F)F. The van der Waals surface area contributed by atoms with Gasteiger partial charge in [-0.05, 0) is 12.1 Å². The molecule has 0 saturated heterocycles. The van der Waals surface area contributed by atoms with Crippen molar-refractivity contribution in [2.75, 3.05) is 7.11 Å². The number of halogens is 3. The number of alkyl halides is 3. The van der Waals surface area contributed by atoms with Crippen LogP contribution in [0, 0.1) is 0 Å². The van der Waals surface area contributed by atoms with Crippen LogP contribution in [0.4, 0.5) is 13.2 Å². The lowest BCUT2D eigenvalue weighted by Crippen LogP contribution is -2.20. The molecule has 0 saturated carbocycles. The summed E-state index contributed by atoms with van der Waals surface area (Å²) in [4.78, 5) is 0. The molecule has 0 heterocycles. The summed E-state index contributed by atoms with van der Waals surface area (Å²) in [5, 5.41) is 16.9. The first-order valence-electron chi connectivity index (χ1n) is 4.12. The molecule has 0 aliphatic heterocycles. The summed E-state index contributed by atoms with van der Waals surface area (Å²) in [5.41, 5.74) is -0.963. The summed E-state index contributed by atoms with van der Waals surface area (Å²) in [7, 11) is -1.02. The molecular weight excluding hydrogens is 228 g/mol. The van der Waals surface area contributed by atoms with E-state index in [2.05, 4.69) is 9.39 Å². The largest absolute Gasteiger partial charge is 0.707 e. The molecule has 0 spiro atoms. The molecule has 0 aromatic heterocycles. The monoisotopic (exact) mass is 236 g/mol. The van der Waals surface area contributed by atoms with Gasteiger partial charge in [0, 0.05) is 6.07 Å². The first kappa shape index (κ1) is 12.7. The van der Waals surface area contributed by atoms with Crippen LogP contribution in [-0.2, 0) is 6.18 Å². The quantitative estimate of drug-likeness (QED) is 0.770. The van der Waals surface area contributed by atoms with E-state index in [0.29, 0.717) is 0 Å². The first-order chi connectivity index (χ1) is 7.34. The maximum Gasteiger partial charge on any atom is 0.707 e. The van der Waals surface area contributed by atoms with Crippen molar-refractivity contribution in [1.82, 2.24) is 0 Å². The highest BCUT2D eigenvalue weighted by molar-refractivity contribution is 6.33. The summed E-state index contributed by atoms with van der Waals surface area (Å²) < 4.78 is 46.1. The fraction of sp³-hybridized carbons (Fsp3) is 0.250. The average Bonchev–Trinajstić information content (AvgIpc) is 2.14. The minimum atomic E-state index is -4.54. The second-order valence-electron chi connectivity index (χ2n) is 2.80. The molecule has 0 aliphatic carbocycles. The van der Waals surface area contributed by atoms with Gasteiger partial charge in [0.1, 0.15) is 11.5 Å². The Hall–Kier alpha value is -1.41. The van der Waals surface area contributed by atoms with Crippen molar-refractivity contribution in [3.8, 4) is 11.5 Å². The van der Waals surface area contributed by atoms with Gasteiger partial charge in [0.2, 0.25) is 0 Å². The standard InChI is InChI=1S/C8H8BF3O4/c1-15-7-4-5(16-9(13)14)2-3-6(7)8(10,11)12/h2-4,13-14H,1H3. The molecule has 88 valence electrons. The highest BCUT2D eigenvalue weighted by Gasteiger charge is 2.34. The Morgan fingerprint density at radius 3 is 2.31 bits per heavy atom. The van der Waals surface area contributed by atoms with Gasteiger partial charge in [-0.1, -0.05) is 0 Å². The maximum atomic E-state index is 12.4. The predicted octanol–water partition coefficient (Wildman–Crippen LogP) is 1.06. The van der Waals surface area contributed by atoms with E-state index in [1.165, 1.54) is 0 Å². The van der Waals surface area contributed by atoms with Gasteiger partial charge in [-0.3, -0.25) is 0 Å². The third-order valence-electron chi connectivity index (χ3n) is 1.72. The Morgan fingerprint density at radius 2 is 1.88 bits per heavy atom. The molecule has 8 heteroatoms. The molecule has 0 aliphatic rings. The molecule has 0 atom stereocenters. The minimum Gasteiger partial charge on any atom is -0.512 e. The van der Waals surface area contributed by atoms with Crippen molar-refractivity contribution in [2.24, 2.45) is 0 Å². The van der Waals surface area contributed by atoms with Crippen molar-refractivity contribution >= 4 is 7.32 Å². The summed E-state index contributed by atoms with van der Waals surface area (Å²) in [6, 6.07) is 2.61. The summed E-state index contributed by atoms with van der Waals surface area (Å²) in [6.07, 6.45) is -4.54. The summed E-state index contributed by atoms with van der Waals surface area (Å²) >= 11 is 0. The lowest BCUT2D eigenvalue weighted by Gasteiger charge is -2.13. The summed E-state index contributed by atoms with van der Waals surface area (Å²) in [5.74, 6) is -0.592. The second kappa shape index (κ2) is 4.62. The van der Waals surface area contributed by atoms with Crippen molar-refractivity contribution < 1.29 is 32.6 Å². The van der Waals surface area contributed by atoms with Crippen molar-refractivity contribution in [3.05, 3.63) is 23.8 Å². The Labute approximate surface area is 89.4 Å². The molecule has 0 amide bonds. The van der Waals surface area contributed by atoms with Crippen LogP contribution in [0.5, 0.6) is 11.5 Å². The molecule has 0 fully saturated rings. The Morgan fingerprint density at radius 1 is 1.25 bits per heavy atom. The van der Waals surface area contributed by atoms with E-state index in [0.717, 1.165) is 25.3 Å². The first-order valence-corrected chi connectivity index (χ1v) is 4.12. The molecule has 0 unspecified atom stereocenters. The van der Waals surface area contributed by atoms with E-state index in [-0.39, 0.29) is 5.75 Å². The van der Waals surface area contributed by atoms with Crippen LogP contribution in [0.25, 0.3) is 0 Å². The van der Waals surface area contributed by atoms with E-state index in [1.807, 2.05) is 0 Å². The molecule has 1 aromatic carbocycles. The van der Waals surface area contributed by atoms with Crippen molar-refractivity contribution in [1.29, 1.82) is 0 Å². The second-order valence-corrected chi connectivity index (χ2v) is 2.80. The molecule has 1 aromatic rings. The average molecular weight is 236 g/mol. The third kappa shape index (κ3) is 3.04. The van der Waals surface area contributed by atoms with Gasteiger partial charge in [0.25, 0.3) is 0 Å². The Bertz CT molecular complexity index is 367. The number of hydrogen-bond donors (Lipinski definition) is 2. The number of benzene rings is 1. The normalized spacial score (nSPS) is 11.1. The molecule has 4 nitrogen and oxygen atoms in total. The number of methoxy groups -OCH3 is 1. The van der Waals surface area contributed by atoms with E-state index >= 15 is 0 Å². The van der Waals surface area contributed by atoms with Gasteiger partial charge in [-0.2, -0.15) is 13.2 Å². The van der Waals surface area contributed by atoms with Gasteiger partial charge in [-0.25, -0.2) is 0 Å². The van der Waals surface area contributed by atoms with E-state index in [9.17, 15) is 13.2 Å². The Balaban J connectivity index is 3.07. The minimum absolute atomic E-state index is 0.139. The number of rotatable bonds is 3. The zero-order valence-corrected chi connectivity index (χ0v) is 8.15. The van der Waals surface area contributed by atoms with Crippen LogP contribution < -0.4 is 9.39 Å². The predicted molar refractivity (Wildman–Crippen MR) is 48.8 cm³/mol. The highest BCUT2D eigenvalue weighted by Crippen LogP contribution is 2.37. The summed E-state index contributed by atoms with van der Waals surface area (Å²) in [6.45, 7) is 0. The molecular formula is C8H8BF3O4.